The molecule has 2 nitrogen and oxygen atoms in total. The molecule has 0 unspecified atom stereocenters. The van der Waals surface area contributed by atoms with E-state index >= 15 is 0 Å². The lowest BCUT2D eigenvalue weighted by Crippen LogP contribution is -2.05. The maximum absolute atomic E-state index is 5.24. The zero-order valence-corrected chi connectivity index (χ0v) is 10.5. The van der Waals surface area contributed by atoms with E-state index in [1.807, 2.05) is 30.3 Å². The first-order chi connectivity index (χ1) is 7.33. The molecular weight excluding hydrogens is 256 g/mol. The summed E-state index contributed by atoms with van der Waals surface area (Å²) < 4.78 is 10.5. The number of rotatable bonds is 5. The topological polar surface area (TPSA) is 18.5 Å². The van der Waals surface area contributed by atoms with Crippen molar-refractivity contribution in [3.8, 4) is 0 Å². The van der Waals surface area contributed by atoms with Gasteiger partial charge < -0.3 is 9.47 Å². The number of allylic oxidation sites excluding steroid dienone is 1. The summed E-state index contributed by atoms with van der Waals surface area (Å²) in [7, 11) is 3.28. The average Bonchev–Trinajstić information content (AvgIpc) is 2.29. The Labute approximate surface area is 99.0 Å². The molecule has 1 rings (SSSR count). The normalized spacial score (nSPS) is 11.5. The Hall–Kier alpha value is -0.640. The van der Waals surface area contributed by atoms with Crippen LogP contribution in [0.25, 0.3) is 6.08 Å². The fourth-order valence-corrected chi connectivity index (χ4v) is 1.59. The molecule has 1 aromatic carbocycles. The molecule has 0 spiro atoms. The molecule has 0 aromatic heterocycles. The van der Waals surface area contributed by atoms with E-state index in [0.29, 0.717) is 0 Å². The fourth-order valence-electron chi connectivity index (χ4n) is 1.40. The van der Waals surface area contributed by atoms with E-state index in [-0.39, 0.29) is 6.29 Å². The van der Waals surface area contributed by atoms with Crippen LogP contribution in [-0.2, 0) is 9.47 Å². The quantitative estimate of drug-likeness (QED) is 0.603. The Morgan fingerprint density at radius 3 is 2.53 bits per heavy atom. The second kappa shape index (κ2) is 6.77. The summed E-state index contributed by atoms with van der Waals surface area (Å²) in [6, 6.07) is 8.02. The van der Waals surface area contributed by atoms with Gasteiger partial charge >= 0.3 is 0 Å². The maximum Gasteiger partial charge on any atom is 0.183 e. The lowest BCUT2D eigenvalue weighted by atomic mass is 10.1. The molecule has 0 aliphatic carbocycles. The zero-order valence-electron chi connectivity index (χ0n) is 8.94. The van der Waals surface area contributed by atoms with Gasteiger partial charge in [0.1, 0.15) is 0 Å². The number of halogens is 1. The smallest absolute Gasteiger partial charge is 0.183 e. The van der Waals surface area contributed by atoms with Crippen molar-refractivity contribution in [2.24, 2.45) is 0 Å². The van der Waals surface area contributed by atoms with Gasteiger partial charge in [-0.15, -0.1) is 0 Å². The van der Waals surface area contributed by atoms with Crippen LogP contribution in [0.3, 0.4) is 0 Å². The Bertz CT molecular complexity index is 319. The van der Waals surface area contributed by atoms with Crippen molar-refractivity contribution in [1.29, 1.82) is 0 Å². The summed E-state index contributed by atoms with van der Waals surface area (Å²) in [5, 5.41) is 0.839. The third-order valence-electron chi connectivity index (χ3n) is 2.06. The molecule has 0 bridgehead atoms. The fraction of sp³-hybridized carbons (Fsp3) is 0.333. The highest BCUT2D eigenvalue weighted by Gasteiger charge is 2.11. The molecule has 0 radical (unpaired) electrons. The first kappa shape index (κ1) is 12.4. The van der Waals surface area contributed by atoms with Crippen molar-refractivity contribution in [3.63, 3.8) is 0 Å². The van der Waals surface area contributed by atoms with Gasteiger partial charge in [0.2, 0.25) is 0 Å². The van der Waals surface area contributed by atoms with Crippen molar-refractivity contribution in [3.05, 3.63) is 41.5 Å². The molecule has 15 heavy (non-hydrogen) atoms. The number of methoxy groups -OCH3 is 2. The van der Waals surface area contributed by atoms with Crippen LogP contribution in [0.2, 0.25) is 0 Å². The Morgan fingerprint density at radius 2 is 1.93 bits per heavy atom. The summed E-state index contributed by atoms with van der Waals surface area (Å²) in [4.78, 5) is 0. The second-order valence-electron chi connectivity index (χ2n) is 2.99. The highest BCUT2D eigenvalue weighted by Crippen LogP contribution is 2.22. The van der Waals surface area contributed by atoms with E-state index in [9.17, 15) is 0 Å². The minimum Gasteiger partial charge on any atom is -0.352 e. The van der Waals surface area contributed by atoms with Gasteiger partial charge in [-0.2, -0.15) is 0 Å². The second-order valence-corrected chi connectivity index (χ2v) is 3.64. The van der Waals surface area contributed by atoms with Crippen LogP contribution in [0.15, 0.2) is 30.3 Å². The van der Waals surface area contributed by atoms with Crippen molar-refractivity contribution < 1.29 is 9.47 Å². The standard InChI is InChI=1S/C12H15BrO2/c1-14-12(15-2)11-8-4-3-6-10(11)7-5-9-13/h3-8,12H,9H2,1-2H3. The lowest BCUT2D eigenvalue weighted by molar-refractivity contribution is -0.106. The van der Waals surface area contributed by atoms with Crippen LogP contribution >= 0.6 is 15.9 Å². The first-order valence-electron chi connectivity index (χ1n) is 4.70. The van der Waals surface area contributed by atoms with E-state index < -0.39 is 0 Å². The molecule has 82 valence electrons. The van der Waals surface area contributed by atoms with Gasteiger partial charge in [0, 0.05) is 25.1 Å². The number of benzene rings is 1. The van der Waals surface area contributed by atoms with Crippen molar-refractivity contribution >= 4 is 22.0 Å². The Morgan fingerprint density at radius 1 is 1.27 bits per heavy atom. The van der Waals surface area contributed by atoms with Gasteiger partial charge in [-0.1, -0.05) is 52.3 Å². The molecule has 0 fully saturated rings. The number of hydrogen-bond acceptors (Lipinski definition) is 2. The van der Waals surface area contributed by atoms with Crippen LogP contribution < -0.4 is 0 Å². The third kappa shape index (κ3) is 3.45. The maximum atomic E-state index is 5.24. The van der Waals surface area contributed by atoms with Crippen molar-refractivity contribution in [1.82, 2.24) is 0 Å². The molecule has 0 amide bonds. The Balaban J connectivity index is 2.99. The van der Waals surface area contributed by atoms with Gasteiger partial charge in [0.25, 0.3) is 0 Å². The summed E-state index contributed by atoms with van der Waals surface area (Å²) in [6.45, 7) is 0. The monoisotopic (exact) mass is 270 g/mol. The summed E-state index contributed by atoms with van der Waals surface area (Å²) in [5.41, 5.74) is 2.16. The molecule has 0 heterocycles. The Kier molecular flexibility index (Phi) is 5.61. The minimum atomic E-state index is -0.304. The minimum absolute atomic E-state index is 0.304. The SMILES string of the molecule is COC(OC)c1ccccc1C=CCBr. The number of hydrogen-bond donors (Lipinski definition) is 0. The third-order valence-corrected chi connectivity index (χ3v) is 2.44. The average molecular weight is 271 g/mol. The van der Waals surface area contributed by atoms with E-state index in [1.54, 1.807) is 14.2 Å². The van der Waals surface area contributed by atoms with Gasteiger partial charge in [-0.25, -0.2) is 0 Å². The van der Waals surface area contributed by atoms with E-state index in [1.165, 1.54) is 0 Å². The number of ether oxygens (including phenoxy) is 2. The van der Waals surface area contributed by atoms with Gasteiger partial charge in [-0.3, -0.25) is 0 Å². The highest BCUT2D eigenvalue weighted by atomic mass is 79.9. The molecule has 1 aromatic rings. The molecule has 0 aliphatic heterocycles. The molecule has 3 heteroatoms. The largest absolute Gasteiger partial charge is 0.352 e. The summed E-state index contributed by atoms with van der Waals surface area (Å²) in [6.07, 6.45) is 3.79. The molecule has 0 aliphatic rings. The van der Waals surface area contributed by atoms with Crippen LogP contribution in [0.1, 0.15) is 17.4 Å². The first-order valence-corrected chi connectivity index (χ1v) is 5.82. The predicted octanol–water partition coefficient (Wildman–Crippen LogP) is 3.39. The molecule has 0 saturated heterocycles. The van der Waals surface area contributed by atoms with E-state index in [0.717, 1.165) is 16.5 Å². The van der Waals surface area contributed by atoms with Gasteiger partial charge in [0.15, 0.2) is 6.29 Å². The summed E-state index contributed by atoms with van der Waals surface area (Å²) in [5.74, 6) is 0. The van der Waals surface area contributed by atoms with E-state index in [4.69, 9.17) is 9.47 Å². The van der Waals surface area contributed by atoms with Crippen LogP contribution in [0.5, 0.6) is 0 Å². The zero-order chi connectivity index (χ0) is 11.1. The van der Waals surface area contributed by atoms with Crippen molar-refractivity contribution in [2.75, 3.05) is 19.5 Å². The van der Waals surface area contributed by atoms with Crippen LogP contribution in [0.4, 0.5) is 0 Å². The lowest BCUT2D eigenvalue weighted by Gasteiger charge is -2.15. The molecule has 0 atom stereocenters. The number of alkyl halides is 1. The molecule has 0 saturated carbocycles. The summed E-state index contributed by atoms with van der Waals surface area (Å²) >= 11 is 3.35. The highest BCUT2D eigenvalue weighted by molar-refractivity contribution is 9.09. The van der Waals surface area contributed by atoms with Crippen molar-refractivity contribution in [2.45, 2.75) is 6.29 Å². The van der Waals surface area contributed by atoms with E-state index in [2.05, 4.69) is 22.0 Å². The van der Waals surface area contributed by atoms with Gasteiger partial charge in [0.05, 0.1) is 0 Å². The predicted molar refractivity (Wildman–Crippen MR) is 66.0 cm³/mol. The molecular formula is C12H15BrO2. The van der Waals surface area contributed by atoms with Crippen LogP contribution in [-0.4, -0.2) is 19.5 Å². The molecule has 0 N–H and O–H groups in total. The van der Waals surface area contributed by atoms with Gasteiger partial charge in [-0.05, 0) is 5.56 Å². The van der Waals surface area contributed by atoms with Crippen LogP contribution in [0, 0.1) is 0 Å².